The van der Waals surface area contributed by atoms with Crippen LogP contribution in [0.4, 0.5) is 5.69 Å². The summed E-state index contributed by atoms with van der Waals surface area (Å²) in [5, 5.41) is 10.6. The Balaban J connectivity index is 1.77. The summed E-state index contributed by atoms with van der Waals surface area (Å²) in [6, 6.07) is 17.8. The van der Waals surface area contributed by atoms with Gasteiger partial charge in [0.15, 0.2) is 0 Å². The Hall–Kier alpha value is -3.25. The second kappa shape index (κ2) is 8.47. The molecule has 0 fully saturated rings. The second-order valence-electron chi connectivity index (χ2n) is 7.77. The number of hydrogen-bond donors (Lipinski definition) is 2. The van der Waals surface area contributed by atoms with Crippen molar-refractivity contribution in [2.75, 3.05) is 4.72 Å². The molecular weight excluding hydrogens is 410 g/mol. The van der Waals surface area contributed by atoms with Crippen LogP contribution in [-0.2, 0) is 23.1 Å². The summed E-state index contributed by atoms with van der Waals surface area (Å²) >= 11 is 0. The molecule has 1 aliphatic rings. The molecule has 0 saturated carbocycles. The van der Waals surface area contributed by atoms with Gasteiger partial charge in [-0.3, -0.25) is 4.72 Å². The number of sulfonamides is 1. The molecule has 1 atom stereocenters. The minimum atomic E-state index is -3.84. The van der Waals surface area contributed by atoms with Gasteiger partial charge in [0.25, 0.3) is 10.0 Å². The third-order valence-electron chi connectivity index (χ3n) is 5.42. The van der Waals surface area contributed by atoms with E-state index in [9.17, 15) is 13.5 Å². The van der Waals surface area contributed by atoms with Gasteiger partial charge in [0.2, 0.25) is 0 Å². The van der Waals surface area contributed by atoms with E-state index >= 15 is 0 Å². The van der Waals surface area contributed by atoms with E-state index in [1.807, 2.05) is 56.3 Å². The number of nitrogens with one attached hydrogen (secondary N) is 1. The first-order chi connectivity index (χ1) is 14.8. The predicted molar refractivity (Wildman–Crippen MR) is 122 cm³/mol. The minimum absolute atomic E-state index is 0.0781. The van der Waals surface area contributed by atoms with Gasteiger partial charge < -0.3 is 9.84 Å². The third-order valence-corrected chi connectivity index (χ3v) is 6.79. The molecule has 0 amide bonds. The molecule has 1 aliphatic carbocycles. The lowest BCUT2D eigenvalue weighted by molar-refractivity contribution is 0.305. The summed E-state index contributed by atoms with van der Waals surface area (Å²) in [5.41, 5.74) is 3.75. The molecule has 0 bridgehead atoms. The van der Waals surface area contributed by atoms with Crippen molar-refractivity contribution in [2.24, 2.45) is 0 Å². The number of aromatic hydroxyl groups is 1. The smallest absolute Gasteiger partial charge is 0.262 e. The van der Waals surface area contributed by atoms with Crippen molar-refractivity contribution in [3.63, 3.8) is 0 Å². The molecule has 31 heavy (non-hydrogen) atoms. The number of aryl methyl sites for hydroxylation is 1. The van der Waals surface area contributed by atoms with Gasteiger partial charge in [-0.1, -0.05) is 67.1 Å². The quantitative estimate of drug-likeness (QED) is 0.407. The van der Waals surface area contributed by atoms with Crippen LogP contribution in [0.25, 0.3) is 0 Å². The topological polar surface area (TPSA) is 75.6 Å². The maximum absolute atomic E-state index is 13.2. The number of phenolic OH excluding ortho intramolecular Hbond substituents is 1. The lowest BCUT2D eigenvalue weighted by Gasteiger charge is -2.25. The normalized spacial score (nSPS) is 15.4. The van der Waals surface area contributed by atoms with Crippen LogP contribution in [0.15, 0.2) is 77.7 Å². The number of rotatable bonds is 6. The zero-order valence-corrected chi connectivity index (χ0v) is 18.3. The Morgan fingerprint density at radius 1 is 1.10 bits per heavy atom. The van der Waals surface area contributed by atoms with E-state index in [2.05, 4.69) is 4.72 Å². The molecule has 0 aliphatic heterocycles. The highest BCUT2D eigenvalue weighted by Crippen LogP contribution is 2.45. The van der Waals surface area contributed by atoms with Crippen LogP contribution < -0.4 is 9.46 Å². The highest BCUT2D eigenvalue weighted by molar-refractivity contribution is 7.92. The maximum Gasteiger partial charge on any atom is 0.262 e. The van der Waals surface area contributed by atoms with Crippen LogP contribution in [0, 0.1) is 6.92 Å². The number of fused-ring (bicyclic) bond motifs is 1. The fourth-order valence-corrected chi connectivity index (χ4v) is 4.86. The highest BCUT2D eigenvalue weighted by Gasteiger charge is 2.27. The van der Waals surface area contributed by atoms with Crippen molar-refractivity contribution in [3.05, 3.63) is 95.1 Å². The number of phenols is 1. The molecule has 5 nitrogen and oxygen atoms in total. The summed E-state index contributed by atoms with van der Waals surface area (Å²) in [6.07, 6.45) is 4.52. The van der Waals surface area contributed by atoms with Crippen LogP contribution >= 0.6 is 0 Å². The molecule has 0 saturated heterocycles. The standard InChI is InChI=1S/C25H25NO4S/c1-17-11-13-20(14-12-17)31(28,29)26-25-23(30-16-19-8-4-3-5-9-19)15-22(27)21-10-6-7-18(2)24(21)25/h3-9,11-15,18,26-27H,10,16H2,1-2H3. The van der Waals surface area contributed by atoms with Crippen molar-refractivity contribution < 1.29 is 18.3 Å². The van der Waals surface area contributed by atoms with Crippen LogP contribution in [0.1, 0.15) is 35.1 Å². The van der Waals surface area contributed by atoms with Crippen molar-refractivity contribution in [3.8, 4) is 11.5 Å². The largest absolute Gasteiger partial charge is 0.508 e. The molecule has 4 rings (SSSR count). The zero-order chi connectivity index (χ0) is 22.0. The number of ether oxygens (including phenoxy) is 1. The molecule has 0 spiro atoms. The molecule has 0 radical (unpaired) electrons. The number of anilines is 1. The van der Waals surface area contributed by atoms with E-state index < -0.39 is 10.0 Å². The Labute approximate surface area is 183 Å². The molecule has 0 heterocycles. The summed E-state index contributed by atoms with van der Waals surface area (Å²) in [4.78, 5) is 0.174. The summed E-state index contributed by atoms with van der Waals surface area (Å²) in [7, 11) is -3.84. The van der Waals surface area contributed by atoms with E-state index in [0.717, 1.165) is 16.7 Å². The van der Waals surface area contributed by atoms with E-state index in [1.165, 1.54) is 6.07 Å². The monoisotopic (exact) mass is 435 g/mol. The van der Waals surface area contributed by atoms with E-state index in [0.29, 0.717) is 23.4 Å². The molecule has 6 heteroatoms. The number of hydrogen-bond acceptors (Lipinski definition) is 4. The maximum atomic E-state index is 13.2. The van der Waals surface area contributed by atoms with E-state index in [-0.39, 0.29) is 23.2 Å². The number of benzene rings is 3. The average molecular weight is 436 g/mol. The van der Waals surface area contributed by atoms with Gasteiger partial charge in [-0.2, -0.15) is 0 Å². The first kappa shape index (κ1) is 21.0. The van der Waals surface area contributed by atoms with Gasteiger partial charge in [0.1, 0.15) is 18.1 Å². The van der Waals surface area contributed by atoms with Gasteiger partial charge in [-0.15, -0.1) is 0 Å². The van der Waals surface area contributed by atoms with Gasteiger partial charge in [-0.05, 0) is 36.6 Å². The Morgan fingerprint density at radius 3 is 2.52 bits per heavy atom. The minimum Gasteiger partial charge on any atom is -0.508 e. The van der Waals surface area contributed by atoms with Crippen molar-refractivity contribution in [2.45, 2.75) is 37.7 Å². The summed E-state index contributed by atoms with van der Waals surface area (Å²) in [6.45, 7) is 4.13. The first-order valence-corrected chi connectivity index (χ1v) is 11.6. The third kappa shape index (κ3) is 4.44. The molecule has 2 N–H and O–H groups in total. The van der Waals surface area contributed by atoms with Gasteiger partial charge in [0, 0.05) is 17.5 Å². The predicted octanol–water partition coefficient (Wildman–Crippen LogP) is 5.30. The highest BCUT2D eigenvalue weighted by atomic mass is 32.2. The van der Waals surface area contributed by atoms with Gasteiger partial charge in [0.05, 0.1) is 10.6 Å². The van der Waals surface area contributed by atoms with Crippen molar-refractivity contribution >= 4 is 15.7 Å². The molecule has 3 aromatic carbocycles. The van der Waals surface area contributed by atoms with Crippen molar-refractivity contribution in [1.82, 2.24) is 0 Å². The fraction of sp³-hybridized carbons (Fsp3) is 0.200. The second-order valence-corrected chi connectivity index (χ2v) is 9.46. The summed E-state index contributed by atoms with van der Waals surface area (Å²) in [5.74, 6) is 0.330. The Morgan fingerprint density at radius 2 is 1.81 bits per heavy atom. The van der Waals surface area contributed by atoms with Crippen LogP contribution in [0.2, 0.25) is 0 Å². The molecule has 3 aromatic rings. The molecule has 0 aromatic heterocycles. The lowest BCUT2D eigenvalue weighted by atomic mass is 9.87. The van der Waals surface area contributed by atoms with Crippen LogP contribution in [0.3, 0.4) is 0 Å². The van der Waals surface area contributed by atoms with Crippen LogP contribution in [-0.4, -0.2) is 13.5 Å². The van der Waals surface area contributed by atoms with E-state index in [1.54, 1.807) is 24.3 Å². The first-order valence-electron chi connectivity index (χ1n) is 10.2. The molecule has 1 unspecified atom stereocenters. The SMILES string of the molecule is Cc1ccc(S(=O)(=O)Nc2c(OCc3ccccc3)cc(O)c3c2C(C)C=CC3)cc1. The molecular formula is C25H25NO4S. The zero-order valence-electron chi connectivity index (χ0n) is 17.5. The Bertz CT molecular complexity index is 1220. The van der Waals surface area contributed by atoms with Crippen molar-refractivity contribution in [1.29, 1.82) is 0 Å². The van der Waals surface area contributed by atoms with Crippen LogP contribution in [0.5, 0.6) is 11.5 Å². The average Bonchev–Trinajstić information content (AvgIpc) is 2.75. The molecule has 160 valence electrons. The van der Waals surface area contributed by atoms with Gasteiger partial charge >= 0.3 is 0 Å². The fourth-order valence-electron chi connectivity index (χ4n) is 3.77. The lowest BCUT2D eigenvalue weighted by Crippen LogP contribution is -2.17. The van der Waals surface area contributed by atoms with E-state index in [4.69, 9.17) is 4.74 Å². The van der Waals surface area contributed by atoms with Gasteiger partial charge in [-0.25, -0.2) is 8.42 Å². The number of allylic oxidation sites excluding steroid dienone is 2. The Kier molecular flexibility index (Phi) is 5.74. The summed E-state index contributed by atoms with van der Waals surface area (Å²) < 4.78 is 35.1.